The Morgan fingerprint density at radius 1 is 1.35 bits per heavy atom. The molecule has 0 spiro atoms. The molecule has 0 aliphatic carbocycles. The average Bonchev–Trinajstić information content (AvgIpc) is 2.29. The van der Waals surface area contributed by atoms with Crippen molar-refractivity contribution in [1.82, 2.24) is 4.90 Å². The molecule has 1 aliphatic heterocycles. The third-order valence-corrected chi connectivity index (χ3v) is 3.47. The fourth-order valence-corrected chi connectivity index (χ4v) is 2.01. The van der Waals surface area contributed by atoms with Gasteiger partial charge in [-0.2, -0.15) is 0 Å². The third-order valence-electron chi connectivity index (χ3n) is 2.69. The Hall–Kier alpha value is -1.23. The van der Waals surface area contributed by atoms with Crippen LogP contribution in [-0.4, -0.2) is 17.8 Å². The summed E-state index contributed by atoms with van der Waals surface area (Å²) in [5.41, 5.74) is 0.993. The molecule has 0 atom stereocenters. The van der Waals surface area contributed by atoms with Crippen LogP contribution in [-0.2, 0) is 6.54 Å². The number of hydrogen-bond acceptors (Lipinski definition) is 2. The van der Waals surface area contributed by atoms with E-state index in [4.69, 9.17) is 0 Å². The first-order valence-electron chi connectivity index (χ1n) is 5.13. The molecule has 0 aromatic heterocycles. The monoisotopic (exact) mass is 300 g/mol. The van der Waals surface area contributed by atoms with Crippen LogP contribution in [0.25, 0.3) is 0 Å². The lowest BCUT2D eigenvalue weighted by Gasteiger charge is -2.27. The smallest absolute Gasteiger partial charge is 0.131 e. The topological polar surface area (TPSA) is 15.6 Å². The second kappa shape index (κ2) is 4.96. The van der Waals surface area contributed by atoms with Crippen molar-refractivity contribution >= 4 is 22.1 Å². The number of halogens is 3. The molecule has 1 aromatic rings. The minimum atomic E-state index is -0.525. The van der Waals surface area contributed by atoms with Gasteiger partial charge in [0, 0.05) is 17.5 Å². The summed E-state index contributed by atoms with van der Waals surface area (Å²) in [5, 5.41) is 0. The highest BCUT2D eigenvalue weighted by atomic mass is 79.9. The second-order valence-corrected chi connectivity index (χ2v) is 4.64. The fourth-order valence-electron chi connectivity index (χ4n) is 1.61. The first-order chi connectivity index (χ1) is 8.09. The first kappa shape index (κ1) is 12.2. The van der Waals surface area contributed by atoms with Crippen molar-refractivity contribution in [1.29, 1.82) is 0 Å². The van der Waals surface area contributed by atoms with E-state index in [2.05, 4.69) is 20.9 Å². The predicted molar refractivity (Wildman–Crippen MR) is 66.9 cm³/mol. The molecule has 17 heavy (non-hydrogen) atoms. The molecule has 5 heteroatoms. The van der Waals surface area contributed by atoms with Gasteiger partial charge in [0.25, 0.3) is 0 Å². The van der Waals surface area contributed by atoms with Gasteiger partial charge in [-0.05, 0) is 35.0 Å². The largest absolute Gasteiger partial charge is 0.350 e. The SMILES string of the molecule is CC1=C(Br)C=NCN1Cc1c(F)cccc1F. The summed E-state index contributed by atoms with van der Waals surface area (Å²) in [7, 11) is 0. The highest BCUT2D eigenvalue weighted by molar-refractivity contribution is 9.12. The van der Waals surface area contributed by atoms with Crippen LogP contribution in [0.4, 0.5) is 8.78 Å². The summed E-state index contributed by atoms with van der Waals surface area (Å²) in [4.78, 5) is 5.91. The standard InChI is InChI=1S/C12H11BrF2N2/c1-8-10(13)5-16-7-17(8)6-9-11(14)3-2-4-12(9)15/h2-5H,6-7H2,1H3. The Balaban J connectivity index is 2.25. The number of rotatable bonds is 2. The van der Waals surface area contributed by atoms with Gasteiger partial charge in [-0.1, -0.05) is 6.07 Å². The number of hydrogen-bond donors (Lipinski definition) is 0. The van der Waals surface area contributed by atoms with Crippen molar-refractivity contribution in [2.24, 2.45) is 4.99 Å². The zero-order valence-corrected chi connectivity index (χ0v) is 10.8. The number of allylic oxidation sites excluding steroid dienone is 2. The molecule has 0 unspecified atom stereocenters. The minimum absolute atomic E-state index is 0.0734. The molecule has 1 aromatic carbocycles. The summed E-state index contributed by atoms with van der Waals surface area (Å²) in [6.07, 6.45) is 1.70. The van der Waals surface area contributed by atoms with Crippen molar-refractivity contribution in [2.75, 3.05) is 6.67 Å². The maximum atomic E-state index is 13.5. The van der Waals surface area contributed by atoms with E-state index in [1.54, 1.807) is 6.21 Å². The van der Waals surface area contributed by atoms with E-state index in [0.29, 0.717) is 6.67 Å². The van der Waals surface area contributed by atoms with Crippen LogP contribution in [0.2, 0.25) is 0 Å². The van der Waals surface area contributed by atoms with Gasteiger partial charge < -0.3 is 4.90 Å². The Morgan fingerprint density at radius 2 is 2.00 bits per heavy atom. The van der Waals surface area contributed by atoms with Crippen LogP contribution in [0.15, 0.2) is 33.4 Å². The Labute approximate surface area is 107 Å². The van der Waals surface area contributed by atoms with E-state index in [1.807, 2.05) is 11.8 Å². The first-order valence-corrected chi connectivity index (χ1v) is 5.93. The Kier molecular flexibility index (Phi) is 3.57. The summed E-state index contributed by atoms with van der Waals surface area (Å²) in [6, 6.07) is 3.89. The van der Waals surface area contributed by atoms with E-state index in [9.17, 15) is 8.78 Å². The number of aliphatic imine (C=N–C) groups is 1. The molecule has 0 bridgehead atoms. The van der Waals surface area contributed by atoms with Crippen LogP contribution < -0.4 is 0 Å². The summed E-state index contributed by atoms with van der Waals surface area (Å²) < 4.78 is 27.8. The normalized spacial score (nSPS) is 15.6. The maximum absolute atomic E-state index is 13.5. The minimum Gasteiger partial charge on any atom is -0.350 e. The van der Waals surface area contributed by atoms with Gasteiger partial charge in [-0.15, -0.1) is 0 Å². The zero-order valence-electron chi connectivity index (χ0n) is 9.25. The Morgan fingerprint density at radius 3 is 2.65 bits per heavy atom. The van der Waals surface area contributed by atoms with E-state index >= 15 is 0 Å². The molecule has 90 valence electrons. The van der Waals surface area contributed by atoms with Crippen molar-refractivity contribution in [3.05, 3.63) is 45.6 Å². The molecular weight excluding hydrogens is 290 g/mol. The van der Waals surface area contributed by atoms with Crippen LogP contribution in [0.5, 0.6) is 0 Å². The lowest BCUT2D eigenvalue weighted by Crippen LogP contribution is -2.26. The molecule has 0 saturated carbocycles. The maximum Gasteiger partial charge on any atom is 0.131 e. The van der Waals surface area contributed by atoms with Gasteiger partial charge in [-0.25, -0.2) is 8.78 Å². The van der Waals surface area contributed by atoms with Crippen molar-refractivity contribution < 1.29 is 8.78 Å². The molecule has 0 N–H and O–H groups in total. The molecule has 1 heterocycles. The molecule has 0 amide bonds. The molecule has 2 rings (SSSR count). The van der Waals surface area contributed by atoms with Crippen molar-refractivity contribution in [2.45, 2.75) is 13.5 Å². The van der Waals surface area contributed by atoms with Crippen LogP contribution >= 0.6 is 15.9 Å². The summed E-state index contributed by atoms with van der Waals surface area (Å²) in [6.45, 7) is 2.47. The number of benzene rings is 1. The average molecular weight is 301 g/mol. The van der Waals surface area contributed by atoms with Gasteiger partial charge in [0.2, 0.25) is 0 Å². The molecular formula is C12H11BrF2N2. The Bertz CT molecular complexity index is 477. The van der Waals surface area contributed by atoms with Gasteiger partial charge in [0.1, 0.15) is 18.3 Å². The predicted octanol–water partition coefficient (Wildman–Crippen LogP) is 3.44. The van der Waals surface area contributed by atoms with Gasteiger partial charge >= 0.3 is 0 Å². The van der Waals surface area contributed by atoms with Gasteiger partial charge in [0.15, 0.2) is 0 Å². The number of nitrogens with zero attached hydrogens (tertiary/aromatic N) is 2. The molecule has 0 saturated heterocycles. The molecule has 0 fully saturated rings. The van der Waals surface area contributed by atoms with Crippen molar-refractivity contribution in [3.63, 3.8) is 0 Å². The summed E-state index contributed by atoms with van der Waals surface area (Å²) >= 11 is 3.35. The van der Waals surface area contributed by atoms with Crippen LogP contribution in [0.1, 0.15) is 12.5 Å². The lowest BCUT2D eigenvalue weighted by molar-refractivity contribution is 0.332. The van der Waals surface area contributed by atoms with Gasteiger partial charge in [-0.3, -0.25) is 4.99 Å². The third kappa shape index (κ3) is 2.54. The van der Waals surface area contributed by atoms with E-state index in [-0.39, 0.29) is 12.1 Å². The van der Waals surface area contributed by atoms with Gasteiger partial charge in [0.05, 0.1) is 11.0 Å². The molecule has 2 nitrogen and oxygen atoms in total. The quantitative estimate of drug-likeness (QED) is 0.817. The fraction of sp³-hybridized carbons (Fsp3) is 0.250. The van der Waals surface area contributed by atoms with E-state index in [1.165, 1.54) is 18.2 Å². The van der Waals surface area contributed by atoms with Crippen LogP contribution in [0, 0.1) is 11.6 Å². The zero-order chi connectivity index (χ0) is 12.4. The van der Waals surface area contributed by atoms with E-state index in [0.717, 1.165) is 10.2 Å². The molecule has 1 aliphatic rings. The highest BCUT2D eigenvalue weighted by Crippen LogP contribution is 2.22. The van der Waals surface area contributed by atoms with Crippen LogP contribution in [0.3, 0.4) is 0 Å². The van der Waals surface area contributed by atoms with E-state index < -0.39 is 11.6 Å². The summed E-state index contributed by atoms with van der Waals surface area (Å²) in [5.74, 6) is -1.05. The highest BCUT2D eigenvalue weighted by Gasteiger charge is 2.16. The molecule has 0 radical (unpaired) electrons. The second-order valence-electron chi connectivity index (χ2n) is 3.78. The lowest BCUT2D eigenvalue weighted by atomic mass is 10.1. The van der Waals surface area contributed by atoms with Crippen molar-refractivity contribution in [3.8, 4) is 0 Å².